The maximum absolute atomic E-state index is 13.6. The Morgan fingerprint density at radius 2 is 2.00 bits per heavy atom. The Labute approximate surface area is 124 Å². The lowest BCUT2D eigenvalue weighted by atomic mass is 10.1. The fourth-order valence-corrected chi connectivity index (χ4v) is 1.93. The third-order valence-corrected chi connectivity index (χ3v) is 3.01. The van der Waals surface area contributed by atoms with Crippen molar-refractivity contribution in [1.82, 2.24) is 0 Å². The van der Waals surface area contributed by atoms with E-state index in [1.807, 2.05) is 0 Å². The number of aryl methyl sites for hydroxylation is 1. The van der Waals surface area contributed by atoms with Gasteiger partial charge in [-0.1, -0.05) is 17.7 Å². The molecule has 0 fully saturated rings. The van der Waals surface area contributed by atoms with Crippen molar-refractivity contribution in [2.24, 2.45) is 0 Å². The molecular formula is C14H10ClFN2O3. The Bertz CT molecular complexity index is 734. The van der Waals surface area contributed by atoms with Crippen LogP contribution in [0.2, 0.25) is 5.02 Å². The lowest BCUT2D eigenvalue weighted by Gasteiger charge is -2.07. The molecule has 5 nitrogen and oxygen atoms in total. The van der Waals surface area contributed by atoms with Crippen molar-refractivity contribution in [3.8, 4) is 0 Å². The van der Waals surface area contributed by atoms with Gasteiger partial charge in [-0.25, -0.2) is 4.39 Å². The van der Waals surface area contributed by atoms with Crippen LogP contribution in [0.15, 0.2) is 36.4 Å². The van der Waals surface area contributed by atoms with E-state index in [1.165, 1.54) is 18.2 Å². The zero-order chi connectivity index (χ0) is 15.6. The van der Waals surface area contributed by atoms with Crippen LogP contribution in [0.25, 0.3) is 0 Å². The molecule has 0 aliphatic heterocycles. The van der Waals surface area contributed by atoms with E-state index in [9.17, 15) is 19.3 Å². The van der Waals surface area contributed by atoms with Crippen LogP contribution in [0.1, 0.15) is 15.9 Å². The van der Waals surface area contributed by atoms with E-state index in [0.717, 1.165) is 12.1 Å². The highest BCUT2D eigenvalue weighted by Gasteiger charge is 2.18. The van der Waals surface area contributed by atoms with Gasteiger partial charge in [0.05, 0.1) is 10.5 Å². The lowest BCUT2D eigenvalue weighted by Crippen LogP contribution is -2.15. The number of carbonyl (C=O) groups is 1. The van der Waals surface area contributed by atoms with Crippen LogP contribution in [-0.2, 0) is 0 Å². The summed E-state index contributed by atoms with van der Waals surface area (Å²) in [4.78, 5) is 22.4. The first-order chi connectivity index (χ1) is 9.88. The maximum Gasteiger partial charge on any atom is 0.293 e. The van der Waals surface area contributed by atoms with Crippen LogP contribution < -0.4 is 5.32 Å². The molecule has 0 aliphatic carbocycles. The predicted octanol–water partition coefficient (Wildman–Crippen LogP) is 3.95. The van der Waals surface area contributed by atoms with Gasteiger partial charge in [-0.05, 0) is 36.8 Å². The molecular weight excluding hydrogens is 299 g/mol. The summed E-state index contributed by atoms with van der Waals surface area (Å²) in [6.07, 6.45) is 0. The number of benzene rings is 2. The number of nitro groups is 1. The first kappa shape index (κ1) is 14.9. The Balaban J connectivity index is 2.36. The molecule has 0 unspecified atom stereocenters. The van der Waals surface area contributed by atoms with E-state index < -0.39 is 16.6 Å². The summed E-state index contributed by atoms with van der Waals surface area (Å²) < 4.78 is 13.6. The van der Waals surface area contributed by atoms with Gasteiger partial charge < -0.3 is 5.32 Å². The van der Waals surface area contributed by atoms with Crippen molar-refractivity contribution in [3.63, 3.8) is 0 Å². The second-order valence-electron chi connectivity index (χ2n) is 4.36. The van der Waals surface area contributed by atoms with Gasteiger partial charge >= 0.3 is 0 Å². The van der Waals surface area contributed by atoms with Crippen LogP contribution in [0.3, 0.4) is 0 Å². The summed E-state index contributed by atoms with van der Waals surface area (Å²) >= 11 is 5.71. The molecule has 108 valence electrons. The normalized spacial score (nSPS) is 10.2. The summed E-state index contributed by atoms with van der Waals surface area (Å²) in [5.41, 5.74) is 0.131. The number of rotatable bonds is 3. The van der Waals surface area contributed by atoms with Gasteiger partial charge in [-0.15, -0.1) is 0 Å². The molecule has 0 heterocycles. The molecule has 21 heavy (non-hydrogen) atoms. The van der Waals surface area contributed by atoms with Crippen LogP contribution in [-0.4, -0.2) is 10.8 Å². The molecule has 2 aromatic carbocycles. The number of nitrogens with zero attached hydrogens (tertiary/aromatic N) is 1. The highest BCUT2D eigenvalue weighted by atomic mass is 35.5. The molecule has 7 heteroatoms. The fourth-order valence-electron chi connectivity index (χ4n) is 1.76. The molecule has 0 bridgehead atoms. The van der Waals surface area contributed by atoms with Crippen molar-refractivity contribution in [3.05, 3.63) is 68.5 Å². The minimum absolute atomic E-state index is 0.00465. The Kier molecular flexibility index (Phi) is 4.18. The van der Waals surface area contributed by atoms with Crippen LogP contribution in [0.5, 0.6) is 0 Å². The van der Waals surface area contributed by atoms with Crippen molar-refractivity contribution < 1.29 is 14.1 Å². The number of carbonyl (C=O) groups excluding carboxylic acids is 1. The minimum Gasteiger partial charge on any atom is -0.316 e. The highest BCUT2D eigenvalue weighted by molar-refractivity contribution is 6.31. The van der Waals surface area contributed by atoms with Crippen molar-refractivity contribution in [2.75, 3.05) is 5.32 Å². The quantitative estimate of drug-likeness (QED) is 0.689. The number of nitro benzene ring substituents is 1. The number of halogens is 2. The van der Waals surface area contributed by atoms with Crippen molar-refractivity contribution in [1.29, 1.82) is 0 Å². The summed E-state index contributed by atoms with van der Waals surface area (Å²) in [5.74, 6) is -1.56. The molecule has 2 rings (SSSR count). The topological polar surface area (TPSA) is 72.2 Å². The zero-order valence-electron chi connectivity index (χ0n) is 10.9. The minimum atomic E-state index is -0.804. The monoisotopic (exact) mass is 308 g/mol. The summed E-state index contributed by atoms with van der Waals surface area (Å²) in [6.45, 7) is 1.69. The van der Waals surface area contributed by atoms with Gasteiger partial charge in [0, 0.05) is 11.1 Å². The average Bonchev–Trinajstić information content (AvgIpc) is 2.43. The van der Waals surface area contributed by atoms with Gasteiger partial charge in [-0.2, -0.15) is 0 Å². The van der Waals surface area contributed by atoms with Gasteiger partial charge in [0.1, 0.15) is 11.5 Å². The zero-order valence-corrected chi connectivity index (χ0v) is 11.6. The molecule has 0 aromatic heterocycles. The summed E-state index contributed by atoms with van der Waals surface area (Å²) in [7, 11) is 0. The van der Waals surface area contributed by atoms with Crippen LogP contribution in [0, 0.1) is 22.9 Å². The third-order valence-electron chi connectivity index (χ3n) is 2.77. The largest absolute Gasteiger partial charge is 0.316 e. The van der Waals surface area contributed by atoms with Crippen LogP contribution >= 0.6 is 11.6 Å². The Morgan fingerprint density at radius 1 is 1.29 bits per heavy atom. The molecule has 0 atom stereocenters. The first-order valence-corrected chi connectivity index (χ1v) is 6.27. The third kappa shape index (κ3) is 3.35. The first-order valence-electron chi connectivity index (χ1n) is 5.90. The average molecular weight is 309 g/mol. The standard InChI is InChI=1S/C14H10ClFN2O3/c1-8-2-5-12(13(6-8)18(20)21)17-14(19)10-7-9(15)3-4-11(10)16/h2-7H,1H3,(H,17,19). The van der Waals surface area contributed by atoms with Gasteiger partial charge in [-0.3, -0.25) is 14.9 Å². The van der Waals surface area contributed by atoms with Crippen molar-refractivity contribution >= 4 is 28.9 Å². The number of amides is 1. The van der Waals surface area contributed by atoms with Gasteiger partial charge in [0.25, 0.3) is 11.6 Å². The number of hydrogen-bond donors (Lipinski definition) is 1. The van der Waals surface area contributed by atoms with E-state index in [2.05, 4.69) is 5.32 Å². The van der Waals surface area contributed by atoms with E-state index in [0.29, 0.717) is 5.56 Å². The smallest absolute Gasteiger partial charge is 0.293 e. The van der Waals surface area contributed by atoms with E-state index in [-0.39, 0.29) is 22.0 Å². The second-order valence-corrected chi connectivity index (χ2v) is 4.79. The molecule has 2 aromatic rings. The Morgan fingerprint density at radius 3 is 2.67 bits per heavy atom. The fraction of sp³-hybridized carbons (Fsp3) is 0.0714. The summed E-state index contributed by atoms with van der Waals surface area (Å²) in [5, 5.41) is 13.5. The molecule has 0 saturated heterocycles. The van der Waals surface area contributed by atoms with Gasteiger partial charge in [0.2, 0.25) is 0 Å². The molecule has 0 radical (unpaired) electrons. The number of anilines is 1. The lowest BCUT2D eigenvalue weighted by molar-refractivity contribution is -0.384. The molecule has 1 N–H and O–H groups in total. The Hall–Kier alpha value is -2.47. The highest BCUT2D eigenvalue weighted by Crippen LogP contribution is 2.26. The molecule has 0 saturated carbocycles. The van der Waals surface area contributed by atoms with E-state index >= 15 is 0 Å². The second kappa shape index (κ2) is 5.88. The molecule has 1 amide bonds. The number of hydrogen-bond acceptors (Lipinski definition) is 3. The number of nitrogens with one attached hydrogen (secondary N) is 1. The van der Waals surface area contributed by atoms with E-state index in [4.69, 9.17) is 11.6 Å². The predicted molar refractivity (Wildman–Crippen MR) is 77.2 cm³/mol. The summed E-state index contributed by atoms with van der Waals surface area (Å²) in [6, 6.07) is 7.85. The maximum atomic E-state index is 13.6. The van der Waals surface area contributed by atoms with E-state index in [1.54, 1.807) is 13.0 Å². The van der Waals surface area contributed by atoms with Crippen molar-refractivity contribution in [2.45, 2.75) is 6.92 Å². The SMILES string of the molecule is Cc1ccc(NC(=O)c2cc(Cl)ccc2F)c([N+](=O)[O-])c1. The van der Waals surface area contributed by atoms with Crippen LogP contribution in [0.4, 0.5) is 15.8 Å². The molecule has 0 spiro atoms. The molecule has 0 aliphatic rings. The van der Waals surface area contributed by atoms with Gasteiger partial charge in [0.15, 0.2) is 0 Å².